The summed E-state index contributed by atoms with van der Waals surface area (Å²) in [7, 11) is 0. The van der Waals surface area contributed by atoms with Gasteiger partial charge in [0.05, 0.1) is 24.9 Å². The first-order valence-electron chi connectivity index (χ1n) is 6.75. The minimum Gasteiger partial charge on any atom is -0.398 e. The van der Waals surface area contributed by atoms with Crippen LogP contribution < -0.4 is 5.73 Å². The van der Waals surface area contributed by atoms with E-state index in [2.05, 4.69) is 12.0 Å². The third-order valence-electron chi connectivity index (χ3n) is 3.62. The van der Waals surface area contributed by atoms with E-state index in [4.69, 9.17) is 10.5 Å². The summed E-state index contributed by atoms with van der Waals surface area (Å²) < 4.78 is 7.77. The fourth-order valence-corrected chi connectivity index (χ4v) is 2.59. The Bertz CT molecular complexity index is 564. The van der Waals surface area contributed by atoms with Crippen LogP contribution in [-0.2, 0) is 11.3 Å². The highest BCUT2D eigenvalue weighted by atomic mass is 16.5. The first-order valence-corrected chi connectivity index (χ1v) is 6.75. The largest absolute Gasteiger partial charge is 0.398 e. The Morgan fingerprint density at radius 3 is 2.95 bits per heavy atom. The molecule has 2 heterocycles. The molecule has 1 aromatic heterocycles. The molecule has 100 valence electrons. The van der Waals surface area contributed by atoms with Crippen LogP contribution in [0.3, 0.4) is 0 Å². The third kappa shape index (κ3) is 2.63. The maximum atomic E-state index is 5.98. The van der Waals surface area contributed by atoms with Gasteiger partial charge in [-0.3, -0.25) is 4.68 Å². The van der Waals surface area contributed by atoms with E-state index in [-0.39, 0.29) is 6.10 Å². The first kappa shape index (κ1) is 12.2. The smallest absolute Gasteiger partial charge is 0.0775 e. The van der Waals surface area contributed by atoms with Crippen LogP contribution in [0.5, 0.6) is 0 Å². The van der Waals surface area contributed by atoms with Crippen molar-refractivity contribution in [3.8, 4) is 11.1 Å². The van der Waals surface area contributed by atoms with E-state index < -0.39 is 0 Å². The molecule has 1 aliphatic heterocycles. The van der Waals surface area contributed by atoms with Crippen molar-refractivity contribution < 1.29 is 4.74 Å². The molecule has 2 N–H and O–H groups in total. The van der Waals surface area contributed by atoms with Crippen LogP contribution in [0.25, 0.3) is 11.1 Å². The fourth-order valence-electron chi connectivity index (χ4n) is 2.59. The summed E-state index contributed by atoms with van der Waals surface area (Å²) in [5.41, 5.74) is 8.86. The predicted octanol–water partition coefficient (Wildman–Crippen LogP) is 2.70. The lowest BCUT2D eigenvalue weighted by Crippen LogP contribution is -2.16. The van der Waals surface area contributed by atoms with Gasteiger partial charge in [-0.1, -0.05) is 18.2 Å². The van der Waals surface area contributed by atoms with Crippen LogP contribution in [0.2, 0.25) is 0 Å². The zero-order valence-electron chi connectivity index (χ0n) is 11.1. The molecule has 0 spiro atoms. The molecule has 1 aliphatic rings. The summed E-state index contributed by atoms with van der Waals surface area (Å²) >= 11 is 0. The summed E-state index contributed by atoms with van der Waals surface area (Å²) in [6.45, 7) is 2.94. The molecule has 0 radical (unpaired) electrons. The van der Waals surface area contributed by atoms with Gasteiger partial charge in [-0.25, -0.2) is 0 Å². The van der Waals surface area contributed by atoms with Crippen molar-refractivity contribution in [3.05, 3.63) is 36.7 Å². The van der Waals surface area contributed by atoms with Crippen molar-refractivity contribution in [2.45, 2.75) is 38.5 Å². The van der Waals surface area contributed by atoms with E-state index in [9.17, 15) is 0 Å². The van der Waals surface area contributed by atoms with Crippen molar-refractivity contribution >= 4 is 5.69 Å². The van der Waals surface area contributed by atoms with E-state index >= 15 is 0 Å². The molecule has 0 bridgehead atoms. The van der Waals surface area contributed by atoms with E-state index in [0.717, 1.165) is 36.2 Å². The van der Waals surface area contributed by atoms with Crippen molar-refractivity contribution in [1.82, 2.24) is 9.78 Å². The van der Waals surface area contributed by atoms with Gasteiger partial charge in [0.25, 0.3) is 0 Å². The van der Waals surface area contributed by atoms with Gasteiger partial charge < -0.3 is 10.5 Å². The van der Waals surface area contributed by atoms with Gasteiger partial charge in [0.1, 0.15) is 0 Å². The Labute approximate surface area is 113 Å². The molecule has 1 fully saturated rings. The molecule has 0 saturated carbocycles. The highest BCUT2D eigenvalue weighted by molar-refractivity contribution is 5.75. The second kappa shape index (κ2) is 5.05. The summed E-state index contributed by atoms with van der Waals surface area (Å²) in [6, 6.07) is 7.86. The van der Waals surface area contributed by atoms with Crippen molar-refractivity contribution in [2.24, 2.45) is 0 Å². The number of aromatic nitrogens is 2. The maximum Gasteiger partial charge on any atom is 0.0775 e. The SMILES string of the molecule is CC1CCC(Cn2cc(-c3ccccc3N)cn2)O1. The van der Waals surface area contributed by atoms with E-state index in [1.807, 2.05) is 41.3 Å². The molecule has 0 amide bonds. The monoisotopic (exact) mass is 257 g/mol. The second-order valence-electron chi connectivity index (χ2n) is 5.18. The number of rotatable bonds is 3. The van der Waals surface area contributed by atoms with Crippen molar-refractivity contribution in [3.63, 3.8) is 0 Å². The molecular weight excluding hydrogens is 238 g/mol. The summed E-state index contributed by atoms with van der Waals surface area (Å²) in [5.74, 6) is 0. The zero-order valence-corrected chi connectivity index (χ0v) is 11.1. The molecule has 0 aliphatic carbocycles. The molecule has 4 nitrogen and oxygen atoms in total. The average molecular weight is 257 g/mol. The summed E-state index contributed by atoms with van der Waals surface area (Å²) in [4.78, 5) is 0. The number of hydrogen-bond donors (Lipinski definition) is 1. The Hall–Kier alpha value is -1.81. The van der Waals surface area contributed by atoms with Crippen LogP contribution in [0.15, 0.2) is 36.7 Å². The topological polar surface area (TPSA) is 53.1 Å². The molecular formula is C15H19N3O. The van der Waals surface area contributed by atoms with E-state index in [1.165, 1.54) is 0 Å². The standard InChI is InChI=1S/C15H19N3O/c1-11-6-7-13(19-11)10-18-9-12(8-17-18)14-4-2-3-5-15(14)16/h2-5,8-9,11,13H,6-7,10,16H2,1H3. The minimum absolute atomic E-state index is 0.288. The molecule has 2 aromatic rings. The Morgan fingerprint density at radius 2 is 2.21 bits per heavy atom. The van der Waals surface area contributed by atoms with Gasteiger partial charge >= 0.3 is 0 Å². The summed E-state index contributed by atoms with van der Waals surface area (Å²) in [5, 5.41) is 4.40. The highest BCUT2D eigenvalue weighted by Gasteiger charge is 2.22. The number of nitrogens with zero attached hydrogens (tertiary/aromatic N) is 2. The number of anilines is 1. The van der Waals surface area contributed by atoms with Crippen LogP contribution in [0.1, 0.15) is 19.8 Å². The number of ether oxygens (including phenoxy) is 1. The maximum absolute atomic E-state index is 5.98. The van der Waals surface area contributed by atoms with E-state index in [1.54, 1.807) is 0 Å². The molecule has 19 heavy (non-hydrogen) atoms. The van der Waals surface area contributed by atoms with Gasteiger partial charge in [0, 0.05) is 23.0 Å². The number of hydrogen-bond acceptors (Lipinski definition) is 3. The van der Waals surface area contributed by atoms with Gasteiger partial charge in [0.2, 0.25) is 0 Å². The lowest BCUT2D eigenvalue weighted by molar-refractivity contribution is 0.0437. The van der Waals surface area contributed by atoms with Crippen molar-refractivity contribution in [2.75, 3.05) is 5.73 Å². The molecule has 1 saturated heterocycles. The van der Waals surface area contributed by atoms with Gasteiger partial charge in [0.15, 0.2) is 0 Å². The normalized spacial score (nSPS) is 22.8. The first-order chi connectivity index (χ1) is 9.22. The average Bonchev–Trinajstić information content (AvgIpc) is 3.00. The van der Waals surface area contributed by atoms with Crippen LogP contribution in [0, 0.1) is 0 Å². The number of benzene rings is 1. The van der Waals surface area contributed by atoms with E-state index in [0.29, 0.717) is 6.10 Å². The Morgan fingerprint density at radius 1 is 1.37 bits per heavy atom. The van der Waals surface area contributed by atoms with Crippen LogP contribution in [0.4, 0.5) is 5.69 Å². The second-order valence-corrected chi connectivity index (χ2v) is 5.18. The Balaban J connectivity index is 1.75. The lowest BCUT2D eigenvalue weighted by atomic mass is 10.1. The van der Waals surface area contributed by atoms with Gasteiger partial charge in [-0.2, -0.15) is 5.10 Å². The molecule has 2 unspecified atom stereocenters. The summed E-state index contributed by atoms with van der Waals surface area (Å²) in [6.07, 6.45) is 6.83. The number of nitrogen functional groups attached to an aromatic ring is 1. The highest BCUT2D eigenvalue weighted by Crippen LogP contribution is 2.25. The van der Waals surface area contributed by atoms with Crippen molar-refractivity contribution in [1.29, 1.82) is 0 Å². The fraction of sp³-hybridized carbons (Fsp3) is 0.400. The Kier molecular flexibility index (Phi) is 3.25. The van der Waals surface area contributed by atoms with Crippen LogP contribution in [-0.4, -0.2) is 22.0 Å². The molecule has 3 rings (SSSR count). The quantitative estimate of drug-likeness (QED) is 0.860. The molecule has 2 atom stereocenters. The number of para-hydroxylation sites is 1. The lowest BCUT2D eigenvalue weighted by Gasteiger charge is -2.10. The third-order valence-corrected chi connectivity index (χ3v) is 3.62. The molecule has 4 heteroatoms. The number of nitrogens with two attached hydrogens (primary N) is 1. The minimum atomic E-state index is 0.288. The van der Waals surface area contributed by atoms with Gasteiger partial charge in [-0.05, 0) is 25.8 Å². The predicted molar refractivity (Wildman–Crippen MR) is 75.6 cm³/mol. The van der Waals surface area contributed by atoms with Gasteiger partial charge in [-0.15, -0.1) is 0 Å². The zero-order chi connectivity index (χ0) is 13.2. The van der Waals surface area contributed by atoms with Crippen LogP contribution >= 0.6 is 0 Å². The molecule has 1 aromatic carbocycles.